The van der Waals surface area contributed by atoms with Crippen LogP contribution in [0.25, 0.3) is 16.8 Å². The van der Waals surface area contributed by atoms with Gasteiger partial charge in [-0.3, -0.25) is 4.79 Å². The van der Waals surface area contributed by atoms with Crippen LogP contribution in [0.5, 0.6) is 0 Å². The van der Waals surface area contributed by atoms with Crippen molar-refractivity contribution in [3.05, 3.63) is 77.2 Å². The average Bonchev–Trinajstić information content (AvgIpc) is 3.13. The Morgan fingerprint density at radius 3 is 2.53 bits per heavy atom. The zero-order chi connectivity index (χ0) is 22.9. The van der Waals surface area contributed by atoms with Crippen LogP contribution in [0.4, 0.5) is 18.9 Å². The van der Waals surface area contributed by atoms with Crippen LogP contribution in [0.2, 0.25) is 0 Å². The minimum absolute atomic E-state index is 0.00312. The fraction of sp³-hybridized carbons (Fsp3) is 0.182. The van der Waals surface area contributed by atoms with Crippen LogP contribution in [0.3, 0.4) is 0 Å². The second-order valence-electron chi connectivity index (χ2n) is 7.02. The minimum Gasteiger partial charge on any atom is -0.378 e. The monoisotopic (exact) mass is 441 g/mol. The van der Waals surface area contributed by atoms with Crippen molar-refractivity contribution < 1.29 is 22.7 Å². The van der Waals surface area contributed by atoms with Crippen LogP contribution in [-0.2, 0) is 17.5 Å². The normalized spacial score (nSPS) is 11.7. The van der Waals surface area contributed by atoms with Crippen LogP contribution in [-0.4, -0.2) is 32.8 Å². The first kappa shape index (κ1) is 21.4. The predicted molar refractivity (Wildman–Crippen MR) is 111 cm³/mol. The summed E-state index contributed by atoms with van der Waals surface area (Å²) >= 11 is 0. The lowest BCUT2D eigenvalue weighted by Crippen LogP contribution is -2.19. The van der Waals surface area contributed by atoms with E-state index in [0.29, 0.717) is 17.0 Å². The largest absolute Gasteiger partial charge is 0.416 e. The van der Waals surface area contributed by atoms with Crippen molar-refractivity contribution in [1.82, 2.24) is 19.8 Å². The van der Waals surface area contributed by atoms with E-state index in [9.17, 15) is 18.0 Å². The van der Waals surface area contributed by atoms with Gasteiger partial charge in [-0.2, -0.15) is 18.3 Å². The summed E-state index contributed by atoms with van der Waals surface area (Å²) in [6.07, 6.45) is -4.52. The molecule has 0 unspecified atom stereocenters. The first-order valence-electron chi connectivity index (χ1n) is 9.57. The molecule has 2 heterocycles. The third-order valence-electron chi connectivity index (χ3n) is 4.85. The van der Waals surface area contributed by atoms with Gasteiger partial charge in [-0.05, 0) is 30.7 Å². The molecule has 1 N–H and O–H groups in total. The van der Waals surface area contributed by atoms with Crippen molar-refractivity contribution in [2.45, 2.75) is 19.7 Å². The number of carbonyl (C=O) groups is 1. The molecule has 164 valence electrons. The molecular weight excluding hydrogens is 423 g/mol. The van der Waals surface area contributed by atoms with Crippen molar-refractivity contribution in [1.29, 1.82) is 0 Å². The molecule has 0 fully saturated rings. The number of rotatable bonds is 5. The third kappa shape index (κ3) is 4.04. The molecule has 7 nitrogen and oxygen atoms in total. The van der Waals surface area contributed by atoms with Crippen LogP contribution in [0.15, 0.2) is 54.6 Å². The fourth-order valence-electron chi connectivity index (χ4n) is 3.36. The Morgan fingerprint density at radius 1 is 1.09 bits per heavy atom. The van der Waals surface area contributed by atoms with Gasteiger partial charge in [0.25, 0.3) is 5.91 Å². The molecule has 0 saturated heterocycles. The SMILES string of the molecule is COCc1nn2c(C)c(C(=O)Nc3cccc(C(F)(F)F)c3)nnc2c1-c1ccccc1. The standard InChI is InChI=1S/C22H18F3N5O2/c1-13-19(21(31)26-16-10-6-9-15(11-16)22(23,24)25)27-28-20-18(14-7-4-3-5-8-14)17(12-32-2)29-30(13)20/h3-11H,12H2,1-2H3,(H,26,31). The van der Waals surface area contributed by atoms with Gasteiger partial charge in [0, 0.05) is 12.8 Å². The fourth-order valence-corrected chi connectivity index (χ4v) is 3.36. The van der Waals surface area contributed by atoms with E-state index in [1.807, 2.05) is 30.3 Å². The van der Waals surface area contributed by atoms with Crippen LogP contribution in [0, 0.1) is 6.92 Å². The number of aromatic nitrogens is 4. The smallest absolute Gasteiger partial charge is 0.378 e. The number of anilines is 1. The minimum atomic E-state index is -4.52. The first-order valence-corrected chi connectivity index (χ1v) is 9.57. The predicted octanol–water partition coefficient (Wildman–Crippen LogP) is 4.52. The number of carbonyl (C=O) groups excluding carboxylic acids is 1. The highest BCUT2D eigenvalue weighted by atomic mass is 19.4. The van der Waals surface area contributed by atoms with Crippen molar-refractivity contribution in [2.75, 3.05) is 12.4 Å². The van der Waals surface area contributed by atoms with Gasteiger partial charge in [0.15, 0.2) is 11.3 Å². The van der Waals surface area contributed by atoms with E-state index in [1.54, 1.807) is 14.0 Å². The molecule has 0 atom stereocenters. The molecule has 2 aromatic carbocycles. The molecule has 0 aliphatic heterocycles. The maximum Gasteiger partial charge on any atom is 0.416 e. The van der Waals surface area contributed by atoms with E-state index in [2.05, 4.69) is 20.6 Å². The molecule has 0 bridgehead atoms. The Hall–Kier alpha value is -3.79. The summed E-state index contributed by atoms with van der Waals surface area (Å²) in [6, 6.07) is 13.8. The zero-order valence-corrected chi connectivity index (χ0v) is 17.1. The molecule has 32 heavy (non-hydrogen) atoms. The maximum atomic E-state index is 13.0. The van der Waals surface area contributed by atoms with Gasteiger partial charge in [0.05, 0.1) is 29.1 Å². The summed E-state index contributed by atoms with van der Waals surface area (Å²) in [4.78, 5) is 12.8. The number of nitrogens with zero attached hydrogens (tertiary/aromatic N) is 4. The summed E-state index contributed by atoms with van der Waals surface area (Å²) in [5.41, 5.74) is 2.12. The summed E-state index contributed by atoms with van der Waals surface area (Å²) in [6.45, 7) is 1.86. The average molecular weight is 441 g/mol. The molecule has 0 radical (unpaired) electrons. The number of ether oxygens (including phenoxy) is 1. The van der Waals surface area contributed by atoms with E-state index >= 15 is 0 Å². The van der Waals surface area contributed by atoms with Gasteiger partial charge in [0.1, 0.15) is 0 Å². The van der Waals surface area contributed by atoms with Gasteiger partial charge < -0.3 is 10.1 Å². The third-order valence-corrected chi connectivity index (χ3v) is 4.85. The molecule has 2 aromatic heterocycles. The summed E-state index contributed by atoms with van der Waals surface area (Å²) in [5.74, 6) is -0.693. The number of halogens is 3. The Labute approximate surface area is 180 Å². The van der Waals surface area contributed by atoms with E-state index in [-0.39, 0.29) is 18.0 Å². The van der Waals surface area contributed by atoms with Crippen LogP contribution < -0.4 is 5.32 Å². The Balaban J connectivity index is 1.74. The van der Waals surface area contributed by atoms with Gasteiger partial charge in [-0.15, -0.1) is 10.2 Å². The van der Waals surface area contributed by atoms with Crippen LogP contribution >= 0.6 is 0 Å². The number of hydrogen-bond donors (Lipinski definition) is 1. The number of nitrogens with one attached hydrogen (secondary N) is 1. The number of fused-ring (bicyclic) bond motifs is 1. The van der Waals surface area contributed by atoms with Gasteiger partial charge >= 0.3 is 6.18 Å². The first-order chi connectivity index (χ1) is 15.3. The Bertz CT molecular complexity index is 1290. The quantitative estimate of drug-likeness (QED) is 0.493. The zero-order valence-electron chi connectivity index (χ0n) is 17.1. The number of benzene rings is 2. The van der Waals surface area contributed by atoms with Crippen molar-refractivity contribution in [3.63, 3.8) is 0 Å². The number of amides is 1. The highest BCUT2D eigenvalue weighted by Crippen LogP contribution is 2.31. The molecule has 0 aliphatic carbocycles. The second kappa shape index (κ2) is 8.39. The van der Waals surface area contributed by atoms with Crippen molar-refractivity contribution in [2.24, 2.45) is 0 Å². The van der Waals surface area contributed by atoms with Gasteiger partial charge in [0.2, 0.25) is 0 Å². The molecule has 0 aliphatic rings. The number of alkyl halides is 3. The van der Waals surface area contributed by atoms with Crippen LogP contribution in [0.1, 0.15) is 27.4 Å². The lowest BCUT2D eigenvalue weighted by molar-refractivity contribution is -0.137. The highest BCUT2D eigenvalue weighted by molar-refractivity contribution is 6.03. The van der Waals surface area contributed by atoms with Crippen molar-refractivity contribution in [3.8, 4) is 11.1 Å². The summed E-state index contributed by atoms with van der Waals surface area (Å²) in [7, 11) is 1.55. The lowest BCUT2D eigenvalue weighted by Gasteiger charge is -2.10. The Morgan fingerprint density at radius 2 is 1.84 bits per heavy atom. The van der Waals surface area contributed by atoms with E-state index in [4.69, 9.17) is 4.74 Å². The van der Waals surface area contributed by atoms with E-state index < -0.39 is 17.6 Å². The number of methoxy groups -OCH3 is 1. The van der Waals surface area contributed by atoms with E-state index in [1.165, 1.54) is 16.6 Å². The summed E-state index contributed by atoms with van der Waals surface area (Å²) < 4.78 is 45.6. The number of hydrogen-bond acceptors (Lipinski definition) is 5. The second-order valence-corrected chi connectivity index (χ2v) is 7.02. The van der Waals surface area contributed by atoms with Gasteiger partial charge in [-0.25, -0.2) is 4.52 Å². The molecule has 1 amide bonds. The molecular formula is C22H18F3N5O2. The topological polar surface area (TPSA) is 81.4 Å². The van der Waals surface area contributed by atoms with Gasteiger partial charge in [-0.1, -0.05) is 36.4 Å². The molecule has 10 heteroatoms. The molecule has 4 rings (SSSR count). The summed E-state index contributed by atoms with van der Waals surface area (Å²) in [5, 5.41) is 15.2. The molecule has 0 saturated carbocycles. The molecule has 0 spiro atoms. The Kier molecular flexibility index (Phi) is 5.62. The lowest BCUT2D eigenvalue weighted by atomic mass is 10.1. The highest BCUT2D eigenvalue weighted by Gasteiger charge is 2.30. The van der Waals surface area contributed by atoms with E-state index in [0.717, 1.165) is 23.3 Å². The van der Waals surface area contributed by atoms with Crippen molar-refractivity contribution >= 4 is 17.2 Å². The maximum absolute atomic E-state index is 13.0. The number of aryl methyl sites for hydroxylation is 1. The molecule has 4 aromatic rings.